The Balaban J connectivity index is 2.48. The highest BCUT2D eigenvalue weighted by Crippen LogP contribution is 2.42. The summed E-state index contributed by atoms with van der Waals surface area (Å²) in [6, 6.07) is 0.445. The quantitative estimate of drug-likeness (QED) is 0.543. The summed E-state index contributed by atoms with van der Waals surface area (Å²) in [5.41, 5.74) is 0.183. The largest absolute Gasteiger partial charge is 0.378 e. The van der Waals surface area contributed by atoms with E-state index in [2.05, 4.69) is 29.5 Å². The van der Waals surface area contributed by atoms with Gasteiger partial charge >= 0.3 is 0 Å². The second-order valence-corrected chi connectivity index (χ2v) is 4.52. The molecular formula is C11H23N3O. The van der Waals surface area contributed by atoms with Crippen molar-refractivity contribution in [2.45, 2.75) is 39.3 Å². The van der Waals surface area contributed by atoms with E-state index in [4.69, 9.17) is 4.74 Å². The highest BCUT2D eigenvalue weighted by atomic mass is 16.5. The van der Waals surface area contributed by atoms with Crippen molar-refractivity contribution in [2.75, 3.05) is 20.7 Å². The minimum absolute atomic E-state index is 0.183. The molecule has 1 fully saturated rings. The topological polar surface area (TPSA) is 45.6 Å². The first-order valence-electron chi connectivity index (χ1n) is 5.58. The summed E-state index contributed by atoms with van der Waals surface area (Å²) in [7, 11) is 3.66. The fourth-order valence-electron chi connectivity index (χ4n) is 2.03. The molecule has 1 aliphatic rings. The van der Waals surface area contributed by atoms with E-state index >= 15 is 0 Å². The Labute approximate surface area is 92.5 Å². The van der Waals surface area contributed by atoms with E-state index in [9.17, 15) is 0 Å². The molecule has 15 heavy (non-hydrogen) atoms. The second kappa shape index (κ2) is 4.84. The Morgan fingerprint density at radius 3 is 2.60 bits per heavy atom. The molecule has 4 heteroatoms. The van der Waals surface area contributed by atoms with Crippen LogP contribution >= 0.6 is 0 Å². The molecule has 1 saturated carbocycles. The van der Waals surface area contributed by atoms with Gasteiger partial charge in [0.05, 0.1) is 6.10 Å². The summed E-state index contributed by atoms with van der Waals surface area (Å²) in [6.07, 6.45) is 1.43. The Morgan fingerprint density at radius 1 is 1.53 bits per heavy atom. The predicted molar refractivity (Wildman–Crippen MR) is 63.2 cm³/mol. The van der Waals surface area contributed by atoms with E-state index in [1.165, 1.54) is 0 Å². The number of hydrogen-bond acceptors (Lipinski definition) is 2. The molecule has 0 heterocycles. The van der Waals surface area contributed by atoms with Gasteiger partial charge in [-0.15, -0.1) is 0 Å². The van der Waals surface area contributed by atoms with Gasteiger partial charge < -0.3 is 15.4 Å². The Kier molecular flexibility index (Phi) is 3.97. The molecule has 88 valence electrons. The van der Waals surface area contributed by atoms with Gasteiger partial charge in [0.15, 0.2) is 5.96 Å². The summed E-state index contributed by atoms with van der Waals surface area (Å²) in [4.78, 5) is 4.12. The van der Waals surface area contributed by atoms with Gasteiger partial charge in [0, 0.05) is 32.2 Å². The fourth-order valence-corrected chi connectivity index (χ4v) is 2.03. The first-order chi connectivity index (χ1) is 7.06. The van der Waals surface area contributed by atoms with Gasteiger partial charge in [-0.2, -0.15) is 0 Å². The van der Waals surface area contributed by atoms with Crippen LogP contribution in [0.15, 0.2) is 4.99 Å². The molecule has 0 aliphatic heterocycles. The lowest BCUT2D eigenvalue weighted by atomic mass is 9.64. The zero-order chi connectivity index (χ0) is 11.5. The van der Waals surface area contributed by atoms with Crippen molar-refractivity contribution in [1.29, 1.82) is 0 Å². The van der Waals surface area contributed by atoms with Crippen LogP contribution in [0.25, 0.3) is 0 Å². The van der Waals surface area contributed by atoms with Crippen molar-refractivity contribution in [3.63, 3.8) is 0 Å². The predicted octanol–water partition coefficient (Wildman–Crippen LogP) is 0.985. The Hall–Kier alpha value is -0.770. The molecular weight excluding hydrogens is 190 g/mol. The van der Waals surface area contributed by atoms with Crippen molar-refractivity contribution in [2.24, 2.45) is 10.4 Å². The maximum atomic E-state index is 5.67. The molecule has 4 nitrogen and oxygen atoms in total. The van der Waals surface area contributed by atoms with E-state index in [1.54, 1.807) is 7.05 Å². The zero-order valence-electron chi connectivity index (χ0n) is 10.4. The van der Waals surface area contributed by atoms with Gasteiger partial charge in [-0.25, -0.2) is 0 Å². The minimum Gasteiger partial charge on any atom is -0.378 e. The highest BCUT2D eigenvalue weighted by molar-refractivity contribution is 5.79. The summed E-state index contributed by atoms with van der Waals surface area (Å²) in [6.45, 7) is 7.31. The lowest BCUT2D eigenvalue weighted by Gasteiger charge is -2.51. The van der Waals surface area contributed by atoms with Crippen LogP contribution in [0.2, 0.25) is 0 Å². The number of aliphatic imine (C=N–C) groups is 1. The van der Waals surface area contributed by atoms with E-state index in [1.807, 2.05) is 14.0 Å². The molecule has 2 N–H and O–H groups in total. The third kappa shape index (κ3) is 2.43. The zero-order valence-corrected chi connectivity index (χ0v) is 10.4. The molecule has 0 aromatic heterocycles. The molecule has 1 aliphatic carbocycles. The number of guanidine groups is 1. The molecule has 0 amide bonds. The monoisotopic (exact) mass is 213 g/mol. The third-order valence-electron chi connectivity index (χ3n) is 3.32. The van der Waals surface area contributed by atoms with Gasteiger partial charge in [-0.05, 0) is 13.3 Å². The molecule has 1 rings (SSSR count). The van der Waals surface area contributed by atoms with E-state index in [-0.39, 0.29) is 5.41 Å². The molecule has 2 atom stereocenters. The standard InChI is InChI=1S/C11H23N3O/c1-6-15-9-7-8(11(9,2)3)14-10(12-4)13-5/h8-9H,6-7H2,1-5H3,(H2,12,13,14)/t8-,9+/m0/s1. The van der Waals surface area contributed by atoms with Crippen molar-refractivity contribution in [1.82, 2.24) is 10.6 Å². The average Bonchev–Trinajstić information content (AvgIpc) is 2.22. The normalized spacial score (nSPS) is 29.5. The second-order valence-electron chi connectivity index (χ2n) is 4.52. The number of rotatable bonds is 3. The molecule has 0 unspecified atom stereocenters. The summed E-state index contributed by atoms with van der Waals surface area (Å²) >= 11 is 0. The summed E-state index contributed by atoms with van der Waals surface area (Å²) in [5, 5.41) is 6.42. The van der Waals surface area contributed by atoms with Crippen LogP contribution in [-0.2, 0) is 4.74 Å². The number of hydrogen-bond donors (Lipinski definition) is 2. The maximum absolute atomic E-state index is 5.67. The van der Waals surface area contributed by atoms with Gasteiger partial charge in [0.1, 0.15) is 0 Å². The van der Waals surface area contributed by atoms with Crippen LogP contribution in [0.4, 0.5) is 0 Å². The first-order valence-corrected chi connectivity index (χ1v) is 5.58. The number of nitrogens with zero attached hydrogens (tertiary/aromatic N) is 1. The van der Waals surface area contributed by atoms with Crippen LogP contribution in [0, 0.1) is 5.41 Å². The summed E-state index contributed by atoms with van der Waals surface area (Å²) in [5.74, 6) is 0.850. The molecule has 0 aromatic rings. The van der Waals surface area contributed by atoms with Crippen molar-refractivity contribution in [3.05, 3.63) is 0 Å². The molecule has 0 radical (unpaired) electrons. The van der Waals surface area contributed by atoms with Crippen LogP contribution in [0.1, 0.15) is 27.2 Å². The van der Waals surface area contributed by atoms with E-state index in [0.717, 1.165) is 19.0 Å². The average molecular weight is 213 g/mol. The lowest BCUT2D eigenvalue weighted by molar-refractivity contribution is -0.109. The van der Waals surface area contributed by atoms with Crippen LogP contribution in [0.5, 0.6) is 0 Å². The third-order valence-corrected chi connectivity index (χ3v) is 3.32. The maximum Gasteiger partial charge on any atom is 0.190 e. The van der Waals surface area contributed by atoms with Gasteiger partial charge in [-0.3, -0.25) is 4.99 Å². The molecule has 0 spiro atoms. The van der Waals surface area contributed by atoms with Crippen molar-refractivity contribution < 1.29 is 4.74 Å². The number of ether oxygens (including phenoxy) is 1. The fraction of sp³-hybridized carbons (Fsp3) is 0.909. The highest BCUT2D eigenvalue weighted by Gasteiger charge is 2.49. The summed E-state index contributed by atoms with van der Waals surface area (Å²) < 4.78 is 5.67. The van der Waals surface area contributed by atoms with E-state index in [0.29, 0.717) is 12.1 Å². The van der Waals surface area contributed by atoms with Gasteiger partial charge in [0.25, 0.3) is 0 Å². The first kappa shape index (κ1) is 12.3. The SMILES string of the molecule is CCO[C@@H]1C[C@H](NC(=NC)NC)C1(C)C. The van der Waals surface area contributed by atoms with Gasteiger partial charge in [0.2, 0.25) is 0 Å². The smallest absolute Gasteiger partial charge is 0.190 e. The van der Waals surface area contributed by atoms with Crippen molar-refractivity contribution >= 4 is 5.96 Å². The van der Waals surface area contributed by atoms with Crippen LogP contribution in [-0.4, -0.2) is 38.8 Å². The van der Waals surface area contributed by atoms with Crippen molar-refractivity contribution in [3.8, 4) is 0 Å². The molecule has 0 saturated heterocycles. The van der Waals surface area contributed by atoms with Crippen LogP contribution < -0.4 is 10.6 Å². The van der Waals surface area contributed by atoms with Gasteiger partial charge in [-0.1, -0.05) is 13.8 Å². The Morgan fingerprint density at radius 2 is 2.20 bits per heavy atom. The number of nitrogens with one attached hydrogen (secondary N) is 2. The minimum atomic E-state index is 0.183. The van der Waals surface area contributed by atoms with Crippen LogP contribution in [0.3, 0.4) is 0 Å². The molecule has 0 aromatic carbocycles. The lowest BCUT2D eigenvalue weighted by Crippen LogP contribution is -2.63. The van der Waals surface area contributed by atoms with E-state index < -0.39 is 0 Å². The Bertz CT molecular complexity index is 238. The molecule has 0 bridgehead atoms.